The van der Waals surface area contributed by atoms with Crippen molar-refractivity contribution in [3.05, 3.63) is 72.1 Å². The number of carbonyl (C=O) groups is 1. The fourth-order valence-electron chi connectivity index (χ4n) is 3.91. The molecule has 1 aliphatic heterocycles. The Hall–Kier alpha value is -2.33. The Kier molecular flexibility index (Phi) is 5.40. The molecule has 0 N–H and O–H groups in total. The maximum absolute atomic E-state index is 12.9. The molecule has 0 spiro atoms. The van der Waals surface area contributed by atoms with Gasteiger partial charge in [-0.1, -0.05) is 56.3 Å². The molecule has 144 valence electrons. The lowest BCUT2D eigenvalue weighted by molar-refractivity contribution is 0.0577. The number of hydrogen-bond acceptors (Lipinski definition) is 3. The zero-order valence-corrected chi connectivity index (χ0v) is 17.3. The van der Waals surface area contributed by atoms with Crippen LogP contribution in [0.5, 0.6) is 0 Å². The zero-order valence-electron chi connectivity index (χ0n) is 16.5. The van der Waals surface area contributed by atoms with E-state index in [1.54, 1.807) is 11.8 Å². The molecule has 2 aromatic carbocycles. The van der Waals surface area contributed by atoms with Crippen molar-refractivity contribution in [1.29, 1.82) is 0 Å². The molecule has 3 aromatic rings. The number of aromatic nitrogens is 1. The summed E-state index contributed by atoms with van der Waals surface area (Å²) in [5.41, 5.74) is 1.70. The van der Waals surface area contributed by atoms with Crippen LogP contribution in [0.1, 0.15) is 42.9 Å². The van der Waals surface area contributed by atoms with E-state index in [9.17, 15) is 4.79 Å². The number of hydrogen-bond donors (Lipinski definition) is 0. The first-order chi connectivity index (χ1) is 13.5. The average molecular weight is 391 g/mol. The molecule has 4 rings (SSSR count). The van der Waals surface area contributed by atoms with Crippen LogP contribution in [0, 0.1) is 5.41 Å². The van der Waals surface area contributed by atoms with Crippen LogP contribution in [0.2, 0.25) is 0 Å². The highest BCUT2D eigenvalue weighted by molar-refractivity contribution is 7.98. The number of likely N-dealkylation sites (tertiary alicyclic amines) is 1. The van der Waals surface area contributed by atoms with Gasteiger partial charge in [-0.05, 0) is 47.2 Å². The summed E-state index contributed by atoms with van der Waals surface area (Å²) in [4.78, 5) is 20.8. The Morgan fingerprint density at radius 2 is 1.86 bits per heavy atom. The van der Waals surface area contributed by atoms with Gasteiger partial charge < -0.3 is 4.90 Å². The van der Waals surface area contributed by atoms with Crippen molar-refractivity contribution in [1.82, 2.24) is 9.88 Å². The Labute approximate surface area is 171 Å². The molecule has 0 radical (unpaired) electrons. The van der Waals surface area contributed by atoms with Crippen LogP contribution in [0.4, 0.5) is 0 Å². The molecule has 0 unspecified atom stereocenters. The third-order valence-corrected chi connectivity index (χ3v) is 6.45. The standard InChI is InChI=1S/C24H26N2OS/c1-24(2)14-7-15-26(17-24)23(27)21-12-6-10-19(25-21)16-28-22-13-5-9-18-8-3-4-11-20(18)22/h3-6,8-13H,7,14-17H2,1-2H3. The minimum absolute atomic E-state index is 0.0600. The molecule has 1 aromatic heterocycles. The quantitative estimate of drug-likeness (QED) is 0.529. The van der Waals surface area contributed by atoms with Crippen LogP contribution in [0.3, 0.4) is 0 Å². The molecule has 0 atom stereocenters. The Bertz CT molecular complexity index is 993. The molecule has 1 fully saturated rings. The van der Waals surface area contributed by atoms with Gasteiger partial charge >= 0.3 is 0 Å². The van der Waals surface area contributed by atoms with E-state index in [2.05, 4.69) is 61.3 Å². The Morgan fingerprint density at radius 3 is 2.71 bits per heavy atom. The van der Waals surface area contributed by atoms with E-state index in [0.717, 1.165) is 31.0 Å². The summed E-state index contributed by atoms with van der Waals surface area (Å²) in [6.45, 7) is 6.11. The van der Waals surface area contributed by atoms with Gasteiger partial charge in [0.25, 0.3) is 5.91 Å². The third-order valence-electron chi connectivity index (χ3n) is 5.34. The maximum Gasteiger partial charge on any atom is 0.272 e. The van der Waals surface area contributed by atoms with Crippen LogP contribution in [-0.4, -0.2) is 28.9 Å². The number of piperidine rings is 1. The molecule has 28 heavy (non-hydrogen) atoms. The van der Waals surface area contributed by atoms with Gasteiger partial charge in [-0.15, -0.1) is 11.8 Å². The second kappa shape index (κ2) is 7.96. The van der Waals surface area contributed by atoms with Crippen molar-refractivity contribution in [2.24, 2.45) is 5.41 Å². The molecule has 2 heterocycles. The largest absolute Gasteiger partial charge is 0.337 e. The second-order valence-corrected chi connectivity index (χ2v) is 9.29. The molecule has 0 bridgehead atoms. The number of amides is 1. The minimum atomic E-state index is 0.0600. The van der Waals surface area contributed by atoms with Gasteiger partial charge in [0.1, 0.15) is 5.69 Å². The fourth-order valence-corrected chi connectivity index (χ4v) is 4.89. The van der Waals surface area contributed by atoms with Gasteiger partial charge in [0.2, 0.25) is 0 Å². The van der Waals surface area contributed by atoms with E-state index in [4.69, 9.17) is 0 Å². The van der Waals surface area contributed by atoms with E-state index >= 15 is 0 Å². The highest BCUT2D eigenvalue weighted by Crippen LogP contribution is 2.31. The third kappa shape index (κ3) is 4.22. The SMILES string of the molecule is CC1(C)CCCN(C(=O)c2cccc(CSc3cccc4ccccc34)n2)C1. The van der Waals surface area contributed by atoms with Crippen LogP contribution in [-0.2, 0) is 5.75 Å². The lowest BCUT2D eigenvalue weighted by atomic mass is 9.84. The zero-order chi connectivity index (χ0) is 19.6. The molecular weight excluding hydrogens is 364 g/mol. The summed E-state index contributed by atoms with van der Waals surface area (Å²) in [5, 5.41) is 2.51. The van der Waals surface area contributed by atoms with Gasteiger partial charge in [-0.3, -0.25) is 4.79 Å². The summed E-state index contributed by atoms with van der Waals surface area (Å²) in [7, 11) is 0. The smallest absolute Gasteiger partial charge is 0.272 e. The van der Waals surface area contributed by atoms with Crippen molar-refractivity contribution >= 4 is 28.4 Å². The molecule has 1 amide bonds. The summed E-state index contributed by atoms with van der Waals surface area (Å²) >= 11 is 1.77. The molecular formula is C24H26N2OS. The molecule has 0 aliphatic carbocycles. The first kappa shape index (κ1) is 19.0. The fraction of sp³-hybridized carbons (Fsp3) is 0.333. The van der Waals surface area contributed by atoms with Crippen molar-refractivity contribution in [2.45, 2.75) is 37.3 Å². The highest BCUT2D eigenvalue weighted by atomic mass is 32.2. The molecule has 0 saturated carbocycles. The Balaban J connectivity index is 1.49. The lowest BCUT2D eigenvalue weighted by Gasteiger charge is -2.37. The van der Waals surface area contributed by atoms with Crippen LogP contribution in [0.15, 0.2) is 65.6 Å². The van der Waals surface area contributed by atoms with Crippen LogP contribution in [0.25, 0.3) is 10.8 Å². The minimum Gasteiger partial charge on any atom is -0.337 e. The predicted molar refractivity (Wildman–Crippen MR) is 117 cm³/mol. The van der Waals surface area contributed by atoms with Crippen molar-refractivity contribution in [2.75, 3.05) is 13.1 Å². The number of fused-ring (bicyclic) bond motifs is 1. The van der Waals surface area contributed by atoms with Crippen molar-refractivity contribution < 1.29 is 4.79 Å². The van der Waals surface area contributed by atoms with E-state index < -0.39 is 0 Å². The number of thioether (sulfide) groups is 1. The number of benzene rings is 2. The van der Waals surface area contributed by atoms with Crippen molar-refractivity contribution in [3.8, 4) is 0 Å². The van der Waals surface area contributed by atoms with Gasteiger partial charge in [0.05, 0.1) is 5.69 Å². The van der Waals surface area contributed by atoms with Crippen molar-refractivity contribution in [3.63, 3.8) is 0 Å². The molecule has 1 saturated heterocycles. The van der Waals surface area contributed by atoms with E-state index in [1.165, 1.54) is 22.1 Å². The van der Waals surface area contributed by atoms with E-state index in [1.807, 2.05) is 23.1 Å². The van der Waals surface area contributed by atoms with E-state index in [-0.39, 0.29) is 11.3 Å². The highest BCUT2D eigenvalue weighted by Gasteiger charge is 2.30. The van der Waals surface area contributed by atoms with Gasteiger partial charge in [0.15, 0.2) is 0 Å². The molecule has 3 nitrogen and oxygen atoms in total. The molecule has 4 heteroatoms. The maximum atomic E-state index is 12.9. The number of pyridine rings is 1. The first-order valence-corrected chi connectivity index (χ1v) is 10.9. The van der Waals surface area contributed by atoms with E-state index in [0.29, 0.717) is 5.69 Å². The average Bonchev–Trinajstić information content (AvgIpc) is 2.71. The topological polar surface area (TPSA) is 33.2 Å². The number of carbonyl (C=O) groups excluding carboxylic acids is 1. The number of rotatable bonds is 4. The Morgan fingerprint density at radius 1 is 1.07 bits per heavy atom. The summed E-state index contributed by atoms with van der Waals surface area (Å²) < 4.78 is 0. The first-order valence-electron chi connectivity index (χ1n) is 9.88. The number of nitrogens with zero attached hydrogens (tertiary/aromatic N) is 2. The predicted octanol–water partition coefficient (Wildman–Crippen LogP) is 5.79. The van der Waals surface area contributed by atoms with Gasteiger partial charge in [0, 0.05) is 23.7 Å². The van der Waals surface area contributed by atoms with Gasteiger partial charge in [-0.2, -0.15) is 0 Å². The monoisotopic (exact) mass is 390 g/mol. The molecule has 1 aliphatic rings. The summed E-state index contributed by atoms with van der Waals surface area (Å²) in [6.07, 6.45) is 2.24. The van der Waals surface area contributed by atoms with Crippen LogP contribution >= 0.6 is 11.8 Å². The van der Waals surface area contributed by atoms with Gasteiger partial charge in [-0.25, -0.2) is 4.98 Å². The van der Waals surface area contributed by atoms with Crippen LogP contribution < -0.4 is 0 Å². The lowest BCUT2D eigenvalue weighted by Crippen LogP contribution is -2.43. The summed E-state index contributed by atoms with van der Waals surface area (Å²) in [6, 6.07) is 20.6. The summed E-state index contributed by atoms with van der Waals surface area (Å²) in [5.74, 6) is 0.811. The second-order valence-electron chi connectivity index (χ2n) is 8.27. The normalized spacial score (nSPS) is 16.3.